The van der Waals surface area contributed by atoms with Gasteiger partial charge in [0.1, 0.15) is 5.75 Å². The zero-order chi connectivity index (χ0) is 16.1. The van der Waals surface area contributed by atoms with E-state index in [0.717, 1.165) is 42.9 Å². The molecule has 0 radical (unpaired) electrons. The molecule has 0 saturated carbocycles. The van der Waals surface area contributed by atoms with Crippen molar-refractivity contribution in [3.05, 3.63) is 54.1 Å². The molecule has 0 atom stereocenters. The Morgan fingerprint density at radius 3 is 2.74 bits per heavy atom. The van der Waals surface area contributed by atoms with Gasteiger partial charge in [-0.3, -0.25) is 14.8 Å². The summed E-state index contributed by atoms with van der Waals surface area (Å²) in [5.74, 6) is 1.33. The molecule has 1 aliphatic rings. The molecular weight excluding hydrogens is 290 g/mol. The van der Waals surface area contributed by atoms with E-state index in [1.807, 2.05) is 35.4 Å². The molecule has 1 aromatic heterocycles. The molecular formula is C18H21N3O2. The van der Waals surface area contributed by atoms with Crippen LogP contribution in [0.25, 0.3) is 0 Å². The number of hydrogen-bond donors (Lipinski definition) is 0. The average Bonchev–Trinajstić information content (AvgIpc) is 2.63. The van der Waals surface area contributed by atoms with E-state index in [4.69, 9.17) is 4.74 Å². The minimum absolute atomic E-state index is 0.159. The van der Waals surface area contributed by atoms with E-state index >= 15 is 0 Å². The van der Waals surface area contributed by atoms with Crippen LogP contribution in [0.1, 0.15) is 30.0 Å². The molecule has 23 heavy (non-hydrogen) atoms. The number of para-hydroxylation sites is 1. The van der Waals surface area contributed by atoms with Gasteiger partial charge in [0.2, 0.25) is 5.91 Å². The van der Waals surface area contributed by atoms with E-state index in [-0.39, 0.29) is 5.91 Å². The number of nitrogens with zero attached hydrogens (tertiary/aromatic N) is 3. The minimum Gasteiger partial charge on any atom is -0.496 e. The fourth-order valence-corrected chi connectivity index (χ4v) is 3.07. The highest BCUT2D eigenvalue weighted by molar-refractivity contribution is 5.79. The number of amides is 1. The van der Waals surface area contributed by atoms with Crippen LogP contribution in [0.5, 0.6) is 5.75 Å². The van der Waals surface area contributed by atoms with Crippen molar-refractivity contribution in [2.45, 2.75) is 25.2 Å². The summed E-state index contributed by atoms with van der Waals surface area (Å²) in [5, 5.41) is 0. The fourth-order valence-electron chi connectivity index (χ4n) is 3.07. The highest BCUT2D eigenvalue weighted by Gasteiger charge is 2.25. The predicted molar refractivity (Wildman–Crippen MR) is 87.3 cm³/mol. The number of hydrogen-bond acceptors (Lipinski definition) is 4. The van der Waals surface area contributed by atoms with Crippen LogP contribution < -0.4 is 4.74 Å². The van der Waals surface area contributed by atoms with Crippen molar-refractivity contribution in [2.24, 2.45) is 0 Å². The number of carbonyl (C=O) groups excluding carboxylic acids is 1. The zero-order valence-electron chi connectivity index (χ0n) is 13.3. The maximum absolute atomic E-state index is 12.5. The Kier molecular flexibility index (Phi) is 4.86. The first-order valence-electron chi connectivity index (χ1n) is 7.93. The predicted octanol–water partition coefficient (Wildman–Crippen LogP) is 2.43. The van der Waals surface area contributed by atoms with Crippen LogP contribution in [0, 0.1) is 0 Å². The van der Waals surface area contributed by atoms with Crippen molar-refractivity contribution in [2.75, 3.05) is 20.2 Å². The van der Waals surface area contributed by atoms with Gasteiger partial charge in [0.05, 0.1) is 19.2 Å². The van der Waals surface area contributed by atoms with Gasteiger partial charge in [-0.1, -0.05) is 18.2 Å². The number of likely N-dealkylation sites (tertiary alicyclic amines) is 1. The average molecular weight is 311 g/mol. The van der Waals surface area contributed by atoms with Crippen molar-refractivity contribution in [3.63, 3.8) is 0 Å². The van der Waals surface area contributed by atoms with Crippen molar-refractivity contribution in [1.29, 1.82) is 0 Å². The molecule has 0 aliphatic carbocycles. The van der Waals surface area contributed by atoms with Gasteiger partial charge in [-0.05, 0) is 18.9 Å². The molecule has 0 N–H and O–H groups in total. The van der Waals surface area contributed by atoms with Crippen LogP contribution >= 0.6 is 0 Å². The van der Waals surface area contributed by atoms with Crippen LogP contribution in [-0.4, -0.2) is 41.0 Å². The monoisotopic (exact) mass is 311 g/mol. The molecule has 1 aliphatic heterocycles. The number of carbonyl (C=O) groups is 1. The molecule has 0 unspecified atom stereocenters. The molecule has 0 spiro atoms. The van der Waals surface area contributed by atoms with Crippen LogP contribution in [-0.2, 0) is 11.2 Å². The third-order valence-corrected chi connectivity index (χ3v) is 4.38. The molecule has 2 heterocycles. The third-order valence-electron chi connectivity index (χ3n) is 4.38. The zero-order valence-corrected chi connectivity index (χ0v) is 13.3. The van der Waals surface area contributed by atoms with Gasteiger partial charge in [0.15, 0.2) is 0 Å². The molecule has 1 saturated heterocycles. The molecule has 3 rings (SSSR count). The maximum Gasteiger partial charge on any atom is 0.227 e. The minimum atomic E-state index is 0.159. The molecule has 1 fully saturated rings. The van der Waals surface area contributed by atoms with Gasteiger partial charge in [0.25, 0.3) is 0 Å². The first-order chi connectivity index (χ1) is 11.3. The van der Waals surface area contributed by atoms with Crippen LogP contribution in [0.3, 0.4) is 0 Å². The fraction of sp³-hybridized carbons (Fsp3) is 0.389. The number of ether oxygens (including phenoxy) is 1. The van der Waals surface area contributed by atoms with E-state index in [0.29, 0.717) is 12.3 Å². The summed E-state index contributed by atoms with van der Waals surface area (Å²) in [5.41, 5.74) is 1.97. The molecule has 1 aromatic carbocycles. The van der Waals surface area contributed by atoms with Crippen molar-refractivity contribution >= 4 is 5.91 Å². The van der Waals surface area contributed by atoms with Crippen molar-refractivity contribution < 1.29 is 9.53 Å². The normalized spacial score (nSPS) is 15.4. The van der Waals surface area contributed by atoms with Crippen molar-refractivity contribution in [3.8, 4) is 5.75 Å². The standard InChI is InChI=1S/C18H21N3O2/c1-23-17-5-3-2-4-15(17)12-18(22)21-10-6-14(7-11-21)16-13-19-8-9-20-16/h2-5,8-9,13-14H,6-7,10-12H2,1H3. The lowest BCUT2D eigenvalue weighted by atomic mass is 9.93. The van der Waals surface area contributed by atoms with E-state index in [9.17, 15) is 4.79 Å². The summed E-state index contributed by atoms with van der Waals surface area (Å²) in [6, 6.07) is 7.69. The first kappa shape index (κ1) is 15.5. The smallest absolute Gasteiger partial charge is 0.227 e. The van der Waals surface area contributed by atoms with E-state index in [2.05, 4.69) is 9.97 Å². The van der Waals surface area contributed by atoms with Gasteiger partial charge in [-0.15, -0.1) is 0 Å². The summed E-state index contributed by atoms with van der Waals surface area (Å²) < 4.78 is 5.32. The molecule has 120 valence electrons. The first-order valence-corrected chi connectivity index (χ1v) is 7.93. The van der Waals surface area contributed by atoms with Crippen LogP contribution in [0.2, 0.25) is 0 Å². The molecule has 1 amide bonds. The number of rotatable bonds is 4. The topological polar surface area (TPSA) is 55.3 Å². The molecule has 2 aromatic rings. The van der Waals surface area contributed by atoms with Gasteiger partial charge >= 0.3 is 0 Å². The summed E-state index contributed by atoms with van der Waals surface area (Å²) in [6.45, 7) is 1.55. The Morgan fingerprint density at radius 1 is 1.26 bits per heavy atom. The highest BCUT2D eigenvalue weighted by Crippen LogP contribution is 2.27. The Balaban J connectivity index is 1.58. The summed E-state index contributed by atoms with van der Waals surface area (Å²) >= 11 is 0. The summed E-state index contributed by atoms with van der Waals surface area (Å²) in [7, 11) is 1.63. The third kappa shape index (κ3) is 3.67. The van der Waals surface area contributed by atoms with Crippen LogP contribution in [0.4, 0.5) is 0 Å². The quantitative estimate of drug-likeness (QED) is 0.870. The Labute approximate surface area is 136 Å². The highest BCUT2D eigenvalue weighted by atomic mass is 16.5. The number of aromatic nitrogens is 2. The lowest BCUT2D eigenvalue weighted by molar-refractivity contribution is -0.131. The Morgan fingerprint density at radius 2 is 2.04 bits per heavy atom. The number of methoxy groups -OCH3 is 1. The summed E-state index contributed by atoms with van der Waals surface area (Å²) in [6.07, 6.45) is 7.52. The largest absolute Gasteiger partial charge is 0.496 e. The van der Waals surface area contributed by atoms with Gasteiger partial charge in [0, 0.05) is 43.2 Å². The molecule has 5 nitrogen and oxygen atoms in total. The lowest BCUT2D eigenvalue weighted by Gasteiger charge is -2.31. The number of piperidine rings is 1. The second kappa shape index (κ2) is 7.22. The maximum atomic E-state index is 12.5. The summed E-state index contributed by atoms with van der Waals surface area (Å²) in [4.78, 5) is 23.0. The lowest BCUT2D eigenvalue weighted by Crippen LogP contribution is -2.39. The van der Waals surface area contributed by atoms with Gasteiger partial charge < -0.3 is 9.64 Å². The van der Waals surface area contributed by atoms with Crippen molar-refractivity contribution in [1.82, 2.24) is 14.9 Å². The van der Waals surface area contributed by atoms with E-state index in [1.165, 1.54) is 0 Å². The second-order valence-corrected chi connectivity index (χ2v) is 5.77. The van der Waals surface area contributed by atoms with E-state index in [1.54, 1.807) is 19.5 Å². The van der Waals surface area contributed by atoms with Crippen LogP contribution in [0.15, 0.2) is 42.9 Å². The van der Waals surface area contributed by atoms with Gasteiger partial charge in [-0.2, -0.15) is 0 Å². The van der Waals surface area contributed by atoms with E-state index < -0.39 is 0 Å². The Bertz CT molecular complexity index is 652. The Hall–Kier alpha value is -2.43. The molecule has 0 bridgehead atoms. The second-order valence-electron chi connectivity index (χ2n) is 5.77. The number of benzene rings is 1. The SMILES string of the molecule is COc1ccccc1CC(=O)N1CCC(c2cnccn2)CC1. The van der Waals surface area contributed by atoms with Gasteiger partial charge in [-0.25, -0.2) is 0 Å². The molecule has 5 heteroatoms.